The van der Waals surface area contributed by atoms with Gasteiger partial charge in [0.15, 0.2) is 5.17 Å². The van der Waals surface area contributed by atoms with Crippen molar-refractivity contribution >= 4 is 50.6 Å². The third-order valence-electron chi connectivity index (χ3n) is 5.21. The third kappa shape index (κ3) is 3.86. The number of aromatic nitrogens is 1. The number of carbonyl (C=O) groups is 1. The van der Waals surface area contributed by atoms with Crippen LogP contribution < -0.4 is 5.73 Å². The minimum Gasteiger partial charge on any atom is -0.399 e. The first-order valence-electron chi connectivity index (χ1n) is 9.62. The zero-order valence-electron chi connectivity index (χ0n) is 16.1. The number of aryl methyl sites for hydroxylation is 1. The summed E-state index contributed by atoms with van der Waals surface area (Å²) in [7, 11) is 0. The maximum atomic E-state index is 13.4. The highest BCUT2D eigenvalue weighted by atomic mass is 32.2. The topological polar surface area (TPSA) is 71.6 Å². The van der Waals surface area contributed by atoms with Gasteiger partial charge in [0.2, 0.25) is 5.13 Å². The van der Waals surface area contributed by atoms with E-state index in [1.165, 1.54) is 29.5 Å². The summed E-state index contributed by atoms with van der Waals surface area (Å²) in [4.78, 5) is 25.3. The summed E-state index contributed by atoms with van der Waals surface area (Å²) in [5.74, 6) is 0.0591. The number of amidine groups is 1. The number of nitrogen functional groups attached to an aromatic ring is 1. The molecule has 4 rings (SSSR count). The highest BCUT2D eigenvalue weighted by molar-refractivity contribution is 8.18. The minimum absolute atomic E-state index is 0.0591. The number of benzene rings is 1. The molecule has 1 saturated carbocycles. The number of rotatable bonds is 3. The van der Waals surface area contributed by atoms with Crippen LogP contribution in [0.3, 0.4) is 0 Å². The highest BCUT2D eigenvalue weighted by Gasteiger charge is 2.40. The van der Waals surface area contributed by atoms with E-state index in [0.29, 0.717) is 10.8 Å². The van der Waals surface area contributed by atoms with Crippen molar-refractivity contribution in [1.29, 1.82) is 0 Å². The average molecular weight is 413 g/mol. The van der Waals surface area contributed by atoms with Crippen molar-refractivity contribution < 1.29 is 4.79 Å². The third-order valence-corrected chi connectivity index (χ3v) is 7.22. The molecule has 7 heteroatoms. The van der Waals surface area contributed by atoms with E-state index in [1.54, 1.807) is 0 Å². The van der Waals surface area contributed by atoms with Crippen molar-refractivity contribution in [3.8, 4) is 0 Å². The van der Waals surface area contributed by atoms with E-state index in [2.05, 4.69) is 4.98 Å². The fourth-order valence-electron chi connectivity index (χ4n) is 3.73. The Kier molecular flexibility index (Phi) is 5.55. The lowest BCUT2D eigenvalue weighted by Crippen LogP contribution is -2.40. The van der Waals surface area contributed by atoms with Gasteiger partial charge in [-0.2, -0.15) is 4.99 Å². The van der Waals surface area contributed by atoms with Crippen molar-refractivity contribution in [2.45, 2.75) is 52.0 Å². The van der Waals surface area contributed by atoms with Gasteiger partial charge in [0.05, 0.1) is 10.6 Å². The molecule has 2 N–H and O–H groups in total. The Bertz CT molecular complexity index is 957. The lowest BCUT2D eigenvalue weighted by molar-refractivity contribution is -0.124. The molecule has 1 aromatic carbocycles. The predicted molar refractivity (Wildman–Crippen MR) is 119 cm³/mol. The Morgan fingerprint density at radius 2 is 2.07 bits per heavy atom. The molecule has 28 heavy (non-hydrogen) atoms. The second-order valence-electron chi connectivity index (χ2n) is 7.31. The van der Waals surface area contributed by atoms with Crippen LogP contribution in [0.25, 0.3) is 5.57 Å². The number of anilines is 1. The number of nitrogens with zero attached hydrogens (tertiary/aromatic N) is 3. The maximum absolute atomic E-state index is 13.4. The average Bonchev–Trinajstić information content (AvgIpc) is 3.25. The van der Waals surface area contributed by atoms with Crippen LogP contribution in [0, 0.1) is 6.92 Å². The Labute approximate surface area is 173 Å². The molecule has 1 aromatic heterocycles. The number of allylic oxidation sites excluding steroid dienone is 1. The molecule has 1 saturated heterocycles. The van der Waals surface area contributed by atoms with Gasteiger partial charge in [0, 0.05) is 17.1 Å². The van der Waals surface area contributed by atoms with Gasteiger partial charge in [-0.3, -0.25) is 9.69 Å². The van der Waals surface area contributed by atoms with Crippen molar-refractivity contribution in [3.63, 3.8) is 0 Å². The van der Waals surface area contributed by atoms with Crippen molar-refractivity contribution in [3.05, 3.63) is 45.8 Å². The van der Waals surface area contributed by atoms with Crippen LogP contribution in [0.5, 0.6) is 0 Å². The van der Waals surface area contributed by atoms with Crippen LogP contribution in [0.1, 0.15) is 50.3 Å². The summed E-state index contributed by atoms with van der Waals surface area (Å²) in [5.41, 5.74) is 9.53. The first-order valence-corrected chi connectivity index (χ1v) is 11.3. The molecule has 0 spiro atoms. The zero-order chi connectivity index (χ0) is 19.7. The lowest BCUT2D eigenvalue weighted by Gasteiger charge is -2.30. The van der Waals surface area contributed by atoms with Gasteiger partial charge in [-0.1, -0.05) is 31.4 Å². The van der Waals surface area contributed by atoms with Crippen molar-refractivity contribution in [1.82, 2.24) is 9.88 Å². The first-order chi connectivity index (χ1) is 13.5. The van der Waals surface area contributed by atoms with Gasteiger partial charge in [-0.15, -0.1) is 11.3 Å². The van der Waals surface area contributed by atoms with Gasteiger partial charge < -0.3 is 5.73 Å². The number of thioether (sulfide) groups is 1. The van der Waals surface area contributed by atoms with E-state index in [-0.39, 0.29) is 11.9 Å². The van der Waals surface area contributed by atoms with E-state index in [9.17, 15) is 4.79 Å². The van der Waals surface area contributed by atoms with Gasteiger partial charge in [0.1, 0.15) is 0 Å². The number of thiazole rings is 1. The van der Waals surface area contributed by atoms with Gasteiger partial charge >= 0.3 is 0 Å². The molecule has 2 heterocycles. The summed E-state index contributed by atoms with van der Waals surface area (Å²) in [6, 6.07) is 7.92. The van der Waals surface area contributed by atoms with Crippen molar-refractivity contribution in [2.75, 3.05) is 5.73 Å². The van der Waals surface area contributed by atoms with E-state index < -0.39 is 0 Å². The Balaban J connectivity index is 1.75. The molecule has 2 aromatic rings. The number of hydrogen-bond donors (Lipinski definition) is 1. The number of nitrogens with two attached hydrogens (primary N) is 1. The molecular weight excluding hydrogens is 388 g/mol. The van der Waals surface area contributed by atoms with E-state index in [1.807, 2.05) is 48.4 Å². The SMILES string of the molecule is C/C(=C1/S/C(=N/c2nc(C)cs2)N(C2CCCCC2)C1=O)c1cccc(N)c1. The summed E-state index contributed by atoms with van der Waals surface area (Å²) in [6.07, 6.45) is 5.64. The quantitative estimate of drug-likeness (QED) is 0.544. The van der Waals surface area contributed by atoms with Crippen LogP contribution in [0.4, 0.5) is 10.8 Å². The Morgan fingerprint density at radius 1 is 1.29 bits per heavy atom. The molecule has 0 radical (unpaired) electrons. The largest absolute Gasteiger partial charge is 0.399 e. The van der Waals surface area contributed by atoms with E-state index in [4.69, 9.17) is 10.7 Å². The number of hydrogen-bond acceptors (Lipinski definition) is 6. The summed E-state index contributed by atoms with van der Waals surface area (Å²) < 4.78 is 0. The minimum atomic E-state index is 0.0591. The van der Waals surface area contributed by atoms with Gasteiger partial charge in [-0.25, -0.2) is 4.98 Å². The lowest BCUT2D eigenvalue weighted by atomic mass is 9.94. The molecule has 1 amide bonds. The molecule has 0 atom stereocenters. The Hall–Kier alpha value is -2.12. The van der Waals surface area contributed by atoms with Gasteiger partial charge in [-0.05, 0) is 61.7 Å². The van der Waals surface area contributed by atoms with E-state index in [0.717, 1.165) is 52.6 Å². The molecule has 1 aliphatic heterocycles. The van der Waals surface area contributed by atoms with Crippen LogP contribution >= 0.6 is 23.1 Å². The molecule has 2 fully saturated rings. The normalized spacial score (nSPS) is 21.6. The number of aliphatic imine (C=N–C) groups is 1. The molecule has 1 aliphatic carbocycles. The fourth-order valence-corrected chi connectivity index (χ4v) is 5.56. The first kappa shape index (κ1) is 19.2. The summed E-state index contributed by atoms with van der Waals surface area (Å²) in [6.45, 7) is 3.95. The molecule has 0 unspecified atom stereocenters. The number of amides is 1. The standard InChI is InChI=1S/C21H24N4OS2/c1-13-12-27-20(23-13)24-21-25(17-9-4-3-5-10-17)19(26)18(28-21)14(2)15-7-6-8-16(22)11-15/h6-8,11-12,17H,3-5,9-10,22H2,1-2H3/b18-14-,24-21+. The highest BCUT2D eigenvalue weighted by Crippen LogP contribution is 2.41. The maximum Gasteiger partial charge on any atom is 0.267 e. The monoisotopic (exact) mass is 412 g/mol. The second kappa shape index (κ2) is 8.09. The fraction of sp³-hybridized carbons (Fsp3) is 0.381. The molecular formula is C21H24N4OS2. The Morgan fingerprint density at radius 3 is 2.75 bits per heavy atom. The molecule has 0 bridgehead atoms. The van der Waals surface area contributed by atoms with Crippen LogP contribution in [-0.4, -0.2) is 27.0 Å². The molecule has 2 aliphatic rings. The second-order valence-corrected chi connectivity index (χ2v) is 9.13. The summed E-state index contributed by atoms with van der Waals surface area (Å²) in [5, 5.41) is 3.45. The van der Waals surface area contributed by atoms with Crippen molar-refractivity contribution in [2.24, 2.45) is 4.99 Å². The number of carbonyl (C=O) groups excluding carboxylic acids is 1. The van der Waals surface area contributed by atoms with Crippen LogP contribution in [-0.2, 0) is 4.79 Å². The van der Waals surface area contributed by atoms with Crippen LogP contribution in [0.15, 0.2) is 39.5 Å². The summed E-state index contributed by atoms with van der Waals surface area (Å²) >= 11 is 2.98. The van der Waals surface area contributed by atoms with Gasteiger partial charge in [0.25, 0.3) is 5.91 Å². The predicted octanol–water partition coefficient (Wildman–Crippen LogP) is 5.36. The molecule has 146 valence electrons. The van der Waals surface area contributed by atoms with Crippen LogP contribution in [0.2, 0.25) is 0 Å². The van der Waals surface area contributed by atoms with E-state index >= 15 is 0 Å². The zero-order valence-corrected chi connectivity index (χ0v) is 17.8. The molecule has 5 nitrogen and oxygen atoms in total. The smallest absolute Gasteiger partial charge is 0.267 e.